The van der Waals surface area contributed by atoms with Crippen molar-refractivity contribution in [3.05, 3.63) is 48.5 Å². The first-order valence-electron chi connectivity index (χ1n) is 4.66. The third kappa shape index (κ3) is 2.44. The molecule has 0 radical (unpaired) electrons. The summed E-state index contributed by atoms with van der Waals surface area (Å²) < 4.78 is 0. The fourth-order valence-corrected chi connectivity index (χ4v) is 1.52. The average molecular weight is 216 g/mol. The first kappa shape index (κ1) is 9.93. The summed E-state index contributed by atoms with van der Waals surface area (Å²) in [6.07, 6.45) is 0. The van der Waals surface area contributed by atoms with E-state index in [0.29, 0.717) is 5.69 Å². The lowest BCUT2D eigenvalue weighted by molar-refractivity contribution is 1.44. The molecule has 2 aromatic rings. The molecular weight excluding hydrogens is 204 g/mol. The molecule has 0 aromatic heterocycles. The van der Waals surface area contributed by atoms with Gasteiger partial charge in [0.25, 0.3) is 0 Å². The molecule has 0 heterocycles. The number of nitrogens with two attached hydrogens (primary N) is 1. The van der Waals surface area contributed by atoms with Gasteiger partial charge in [-0.2, -0.15) is 0 Å². The number of benzene rings is 2. The lowest BCUT2D eigenvalue weighted by atomic mass is 10.2. The first-order valence-corrected chi connectivity index (χ1v) is 5.11. The highest BCUT2D eigenvalue weighted by atomic mass is 32.1. The van der Waals surface area contributed by atoms with E-state index < -0.39 is 0 Å². The molecule has 0 atom stereocenters. The van der Waals surface area contributed by atoms with Crippen molar-refractivity contribution in [2.45, 2.75) is 4.90 Å². The van der Waals surface area contributed by atoms with Crippen molar-refractivity contribution in [2.75, 3.05) is 11.1 Å². The number of para-hydroxylation sites is 1. The van der Waals surface area contributed by atoms with Gasteiger partial charge in [-0.25, -0.2) is 0 Å². The van der Waals surface area contributed by atoms with Crippen molar-refractivity contribution < 1.29 is 0 Å². The van der Waals surface area contributed by atoms with E-state index in [1.165, 1.54) is 0 Å². The molecule has 0 aliphatic heterocycles. The summed E-state index contributed by atoms with van der Waals surface area (Å²) in [5, 5.41) is 3.27. The van der Waals surface area contributed by atoms with E-state index in [-0.39, 0.29) is 0 Å². The molecule has 3 heteroatoms. The Labute approximate surface area is 94.5 Å². The summed E-state index contributed by atoms with van der Waals surface area (Å²) in [7, 11) is 0. The number of anilines is 3. The maximum Gasteiger partial charge on any atom is 0.0451 e. The average Bonchev–Trinajstić information content (AvgIpc) is 2.25. The molecule has 3 N–H and O–H groups in total. The van der Waals surface area contributed by atoms with Crippen LogP contribution in [0, 0.1) is 0 Å². The van der Waals surface area contributed by atoms with Crippen molar-refractivity contribution in [3.8, 4) is 0 Å². The van der Waals surface area contributed by atoms with Crippen molar-refractivity contribution in [2.24, 2.45) is 0 Å². The zero-order valence-electron chi connectivity index (χ0n) is 8.14. The Kier molecular flexibility index (Phi) is 2.83. The molecule has 0 amide bonds. The van der Waals surface area contributed by atoms with Crippen LogP contribution in [-0.4, -0.2) is 0 Å². The number of rotatable bonds is 2. The Morgan fingerprint density at radius 2 is 1.67 bits per heavy atom. The van der Waals surface area contributed by atoms with E-state index in [2.05, 4.69) is 17.9 Å². The predicted octanol–water partition coefficient (Wildman–Crippen LogP) is 3.30. The highest BCUT2D eigenvalue weighted by molar-refractivity contribution is 7.80. The van der Waals surface area contributed by atoms with Gasteiger partial charge in [0.1, 0.15) is 0 Å². The summed E-state index contributed by atoms with van der Waals surface area (Å²) in [5.74, 6) is 0. The van der Waals surface area contributed by atoms with E-state index in [4.69, 9.17) is 5.73 Å². The van der Waals surface area contributed by atoms with Crippen LogP contribution in [0.25, 0.3) is 0 Å². The van der Waals surface area contributed by atoms with Crippen LogP contribution < -0.4 is 11.1 Å². The minimum absolute atomic E-state index is 0.692. The zero-order chi connectivity index (χ0) is 10.7. The molecule has 15 heavy (non-hydrogen) atoms. The van der Waals surface area contributed by atoms with Crippen LogP contribution in [0.2, 0.25) is 0 Å². The molecule has 0 saturated carbocycles. The third-order valence-corrected chi connectivity index (χ3v) is 2.48. The molecule has 0 spiro atoms. The SMILES string of the molecule is Nc1ccc(Nc2ccccc2)cc1S. The van der Waals surface area contributed by atoms with Gasteiger partial charge in [0.15, 0.2) is 0 Å². The number of hydrogen-bond donors (Lipinski definition) is 3. The van der Waals surface area contributed by atoms with Crippen LogP contribution in [0.1, 0.15) is 0 Å². The predicted molar refractivity (Wildman–Crippen MR) is 67.8 cm³/mol. The second kappa shape index (κ2) is 4.28. The van der Waals surface area contributed by atoms with Crippen LogP contribution in [0.15, 0.2) is 53.4 Å². The fraction of sp³-hybridized carbons (Fsp3) is 0. The Hall–Kier alpha value is -1.61. The Morgan fingerprint density at radius 1 is 0.933 bits per heavy atom. The summed E-state index contributed by atoms with van der Waals surface area (Å²) in [5.41, 5.74) is 8.41. The lowest BCUT2D eigenvalue weighted by Crippen LogP contribution is -1.92. The van der Waals surface area contributed by atoms with E-state index in [0.717, 1.165) is 16.3 Å². The first-order chi connectivity index (χ1) is 7.25. The molecule has 0 bridgehead atoms. The molecule has 2 nitrogen and oxygen atoms in total. The number of nitrogen functional groups attached to an aromatic ring is 1. The van der Waals surface area contributed by atoms with Crippen LogP contribution in [0.4, 0.5) is 17.1 Å². The van der Waals surface area contributed by atoms with E-state index in [1.807, 2.05) is 48.5 Å². The highest BCUT2D eigenvalue weighted by Crippen LogP contribution is 2.23. The van der Waals surface area contributed by atoms with Crippen molar-refractivity contribution in [3.63, 3.8) is 0 Å². The zero-order valence-corrected chi connectivity index (χ0v) is 9.04. The standard InChI is InChI=1S/C12H12N2S/c13-11-7-6-10(8-12(11)15)14-9-4-2-1-3-5-9/h1-8,14-15H,13H2. The van der Waals surface area contributed by atoms with Crippen LogP contribution in [0.3, 0.4) is 0 Å². The highest BCUT2D eigenvalue weighted by Gasteiger charge is 1.97. The summed E-state index contributed by atoms with van der Waals surface area (Å²) in [6, 6.07) is 15.7. The maximum absolute atomic E-state index is 5.68. The number of nitrogens with one attached hydrogen (secondary N) is 1. The van der Waals surface area contributed by atoms with Gasteiger partial charge in [0.05, 0.1) is 0 Å². The third-order valence-electron chi connectivity index (χ3n) is 2.09. The summed E-state index contributed by atoms with van der Waals surface area (Å²) in [4.78, 5) is 0.788. The van der Waals surface area contributed by atoms with Gasteiger partial charge in [-0.15, -0.1) is 12.6 Å². The van der Waals surface area contributed by atoms with Crippen LogP contribution in [-0.2, 0) is 0 Å². The molecule has 0 unspecified atom stereocenters. The van der Waals surface area contributed by atoms with Crippen LogP contribution >= 0.6 is 12.6 Å². The maximum atomic E-state index is 5.68. The largest absolute Gasteiger partial charge is 0.398 e. The molecule has 2 aromatic carbocycles. The molecular formula is C12H12N2S. The summed E-state index contributed by atoms with van der Waals surface area (Å²) >= 11 is 4.27. The van der Waals surface area contributed by atoms with Crippen molar-refractivity contribution in [1.82, 2.24) is 0 Å². The Balaban J connectivity index is 2.22. The molecule has 0 saturated heterocycles. The van der Waals surface area contributed by atoms with E-state index >= 15 is 0 Å². The van der Waals surface area contributed by atoms with E-state index in [9.17, 15) is 0 Å². The molecule has 76 valence electrons. The normalized spacial score (nSPS) is 9.93. The fourth-order valence-electron chi connectivity index (χ4n) is 1.31. The van der Waals surface area contributed by atoms with Gasteiger partial charge in [-0.3, -0.25) is 0 Å². The van der Waals surface area contributed by atoms with Gasteiger partial charge in [0, 0.05) is 22.0 Å². The van der Waals surface area contributed by atoms with Crippen LogP contribution in [0.5, 0.6) is 0 Å². The van der Waals surface area contributed by atoms with Gasteiger partial charge >= 0.3 is 0 Å². The molecule has 0 fully saturated rings. The van der Waals surface area contributed by atoms with Gasteiger partial charge < -0.3 is 11.1 Å². The second-order valence-corrected chi connectivity index (χ2v) is 3.75. The number of thiol groups is 1. The minimum atomic E-state index is 0.692. The van der Waals surface area contributed by atoms with Crippen molar-refractivity contribution >= 4 is 29.7 Å². The van der Waals surface area contributed by atoms with Gasteiger partial charge in [-0.1, -0.05) is 18.2 Å². The summed E-state index contributed by atoms with van der Waals surface area (Å²) in [6.45, 7) is 0. The lowest BCUT2D eigenvalue weighted by Gasteiger charge is -2.07. The minimum Gasteiger partial charge on any atom is -0.398 e. The van der Waals surface area contributed by atoms with Gasteiger partial charge in [0.2, 0.25) is 0 Å². The molecule has 2 rings (SSSR count). The monoisotopic (exact) mass is 216 g/mol. The Morgan fingerprint density at radius 3 is 2.33 bits per heavy atom. The second-order valence-electron chi connectivity index (χ2n) is 3.26. The van der Waals surface area contributed by atoms with E-state index in [1.54, 1.807) is 0 Å². The van der Waals surface area contributed by atoms with Gasteiger partial charge in [-0.05, 0) is 30.3 Å². The smallest absolute Gasteiger partial charge is 0.0451 e. The van der Waals surface area contributed by atoms with Crippen molar-refractivity contribution in [1.29, 1.82) is 0 Å². The molecule has 0 aliphatic rings. The number of hydrogen-bond acceptors (Lipinski definition) is 3. The quantitative estimate of drug-likeness (QED) is 0.532. The molecule has 0 aliphatic carbocycles. The topological polar surface area (TPSA) is 38.0 Å². The Bertz CT molecular complexity index is 454.